The number of ketones is 1. The summed E-state index contributed by atoms with van der Waals surface area (Å²) >= 11 is 0.773. The van der Waals surface area contributed by atoms with Gasteiger partial charge in [-0.3, -0.25) is 4.79 Å². The van der Waals surface area contributed by atoms with Crippen LogP contribution in [-0.2, 0) is 0 Å². The summed E-state index contributed by atoms with van der Waals surface area (Å²) in [5, 5.41) is 0.431. The molecule has 0 amide bonds. The van der Waals surface area contributed by atoms with Crippen LogP contribution in [-0.4, -0.2) is 30.0 Å². The smallest absolute Gasteiger partial charge is 0.372 e. The average molecular weight is 342 g/mol. The Morgan fingerprint density at radius 1 is 1.17 bits per heavy atom. The Hall–Kier alpha value is -1.89. The minimum atomic E-state index is -4.89. The molecule has 0 spiro atoms. The van der Waals surface area contributed by atoms with Crippen molar-refractivity contribution in [2.45, 2.75) is 26.9 Å². The summed E-state index contributed by atoms with van der Waals surface area (Å²) in [5.41, 5.74) is 1.59. The maximum absolute atomic E-state index is 12.7. The van der Waals surface area contributed by atoms with Gasteiger partial charge in [-0.05, 0) is 32.9 Å². The average Bonchev–Trinajstić information content (AvgIpc) is 2.89. The van der Waals surface area contributed by atoms with E-state index in [-0.39, 0.29) is 10.6 Å². The van der Waals surface area contributed by atoms with Crippen molar-refractivity contribution in [1.82, 2.24) is 4.98 Å². The van der Waals surface area contributed by atoms with Crippen molar-refractivity contribution in [2.24, 2.45) is 0 Å². The first-order chi connectivity index (χ1) is 10.8. The molecular weight excluding hydrogens is 325 g/mol. The lowest BCUT2D eigenvalue weighted by atomic mass is 10.1. The topological polar surface area (TPSA) is 33.2 Å². The molecule has 0 saturated heterocycles. The molecule has 23 heavy (non-hydrogen) atoms. The third kappa shape index (κ3) is 3.72. The summed E-state index contributed by atoms with van der Waals surface area (Å²) in [6.07, 6.45) is -4.89. The minimum absolute atomic E-state index is 0.0981. The number of nitrogens with zero attached hydrogens (tertiary/aromatic N) is 2. The summed E-state index contributed by atoms with van der Waals surface area (Å²) in [4.78, 5) is 17.5. The zero-order chi connectivity index (χ0) is 17.2. The van der Waals surface area contributed by atoms with Crippen LogP contribution in [0.3, 0.4) is 0 Å². The van der Waals surface area contributed by atoms with E-state index in [1.165, 1.54) is 0 Å². The third-order valence-electron chi connectivity index (χ3n) is 3.47. The van der Waals surface area contributed by atoms with Crippen molar-refractivity contribution in [2.75, 3.05) is 18.0 Å². The second-order valence-electron chi connectivity index (χ2n) is 4.96. The van der Waals surface area contributed by atoms with Crippen molar-refractivity contribution < 1.29 is 18.0 Å². The van der Waals surface area contributed by atoms with E-state index < -0.39 is 12.0 Å². The van der Waals surface area contributed by atoms with E-state index in [1.807, 2.05) is 26.0 Å². The van der Waals surface area contributed by atoms with Gasteiger partial charge in [0.2, 0.25) is 0 Å². The van der Waals surface area contributed by atoms with Crippen LogP contribution in [0.4, 0.5) is 18.9 Å². The monoisotopic (exact) mass is 342 g/mol. The van der Waals surface area contributed by atoms with E-state index in [4.69, 9.17) is 0 Å². The highest BCUT2D eigenvalue weighted by Crippen LogP contribution is 2.34. The van der Waals surface area contributed by atoms with Gasteiger partial charge in [-0.25, -0.2) is 4.98 Å². The molecular formula is C16H17F3N2OS. The van der Waals surface area contributed by atoms with Crippen LogP contribution in [0.25, 0.3) is 11.3 Å². The number of alkyl halides is 3. The molecule has 2 rings (SSSR count). The zero-order valence-corrected chi connectivity index (χ0v) is 13.9. The number of aryl methyl sites for hydroxylation is 1. The molecule has 0 aliphatic rings. The van der Waals surface area contributed by atoms with E-state index in [9.17, 15) is 18.0 Å². The zero-order valence-electron chi connectivity index (χ0n) is 13.1. The Kier molecular flexibility index (Phi) is 5.09. The van der Waals surface area contributed by atoms with Crippen LogP contribution >= 0.6 is 11.3 Å². The lowest BCUT2D eigenvalue weighted by molar-refractivity contribution is -0.0882. The molecule has 124 valence electrons. The Bertz CT molecular complexity index is 688. The normalized spacial score (nSPS) is 11.6. The van der Waals surface area contributed by atoms with Gasteiger partial charge < -0.3 is 4.90 Å². The van der Waals surface area contributed by atoms with Gasteiger partial charge in [0.25, 0.3) is 5.78 Å². The van der Waals surface area contributed by atoms with E-state index >= 15 is 0 Å². The molecule has 3 nitrogen and oxygen atoms in total. The number of rotatable bonds is 5. The predicted octanol–water partition coefficient (Wildman–Crippen LogP) is 4.71. The molecule has 0 N–H and O–H groups in total. The molecule has 0 aliphatic carbocycles. The van der Waals surface area contributed by atoms with Gasteiger partial charge in [0, 0.05) is 24.3 Å². The van der Waals surface area contributed by atoms with Crippen LogP contribution in [0.1, 0.15) is 28.5 Å². The molecule has 1 heterocycles. The maximum Gasteiger partial charge on any atom is 0.455 e. The van der Waals surface area contributed by atoms with Crippen LogP contribution < -0.4 is 4.90 Å². The van der Waals surface area contributed by atoms with Gasteiger partial charge >= 0.3 is 6.18 Å². The highest BCUT2D eigenvalue weighted by molar-refractivity contribution is 7.14. The lowest BCUT2D eigenvalue weighted by Gasteiger charge is -2.21. The third-order valence-corrected chi connectivity index (χ3v) is 4.44. The second-order valence-corrected chi connectivity index (χ2v) is 6.16. The number of hydrogen-bond acceptors (Lipinski definition) is 4. The molecule has 2 aromatic rings. The summed E-state index contributed by atoms with van der Waals surface area (Å²) < 4.78 is 38.2. The van der Waals surface area contributed by atoms with Crippen molar-refractivity contribution >= 4 is 22.8 Å². The van der Waals surface area contributed by atoms with Crippen molar-refractivity contribution in [3.63, 3.8) is 0 Å². The van der Waals surface area contributed by atoms with Gasteiger partial charge in [0.05, 0.1) is 10.7 Å². The standard InChI is InChI=1S/C16H17F3N2OS/c1-4-21(5-2)12-8-6-11(7-9-12)13-14(23-10(3)20-13)15(22)16(17,18)19/h6-9H,4-5H2,1-3H3. The van der Waals surface area contributed by atoms with E-state index in [0.29, 0.717) is 10.6 Å². The van der Waals surface area contributed by atoms with Gasteiger partial charge in [0.1, 0.15) is 4.88 Å². The van der Waals surface area contributed by atoms with Gasteiger partial charge in [0.15, 0.2) is 0 Å². The van der Waals surface area contributed by atoms with E-state index in [2.05, 4.69) is 9.88 Å². The highest BCUT2D eigenvalue weighted by Gasteiger charge is 2.42. The molecule has 0 bridgehead atoms. The quantitative estimate of drug-likeness (QED) is 0.738. The number of hydrogen-bond donors (Lipinski definition) is 0. The fourth-order valence-corrected chi connectivity index (χ4v) is 3.23. The molecule has 1 aromatic heterocycles. The van der Waals surface area contributed by atoms with Gasteiger partial charge in [-0.2, -0.15) is 13.2 Å². The van der Waals surface area contributed by atoms with Crippen molar-refractivity contribution in [3.05, 3.63) is 34.2 Å². The number of carbonyl (C=O) groups excluding carboxylic acids is 1. The number of Topliss-reactive ketones (excluding diaryl/α,β-unsaturated/α-hetero) is 1. The fourth-order valence-electron chi connectivity index (χ4n) is 2.32. The van der Waals surface area contributed by atoms with Crippen LogP contribution in [0, 0.1) is 6.92 Å². The Morgan fingerprint density at radius 2 is 1.74 bits per heavy atom. The summed E-state index contributed by atoms with van der Waals surface area (Å²) in [6.45, 7) is 7.32. The molecule has 0 aliphatic heterocycles. The van der Waals surface area contributed by atoms with Crippen molar-refractivity contribution in [3.8, 4) is 11.3 Å². The number of thiazole rings is 1. The number of aromatic nitrogens is 1. The molecule has 0 unspecified atom stereocenters. The fraction of sp³-hybridized carbons (Fsp3) is 0.375. The van der Waals surface area contributed by atoms with Crippen LogP contribution in [0.15, 0.2) is 24.3 Å². The Morgan fingerprint density at radius 3 is 2.22 bits per heavy atom. The van der Waals surface area contributed by atoms with Crippen LogP contribution in [0.2, 0.25) is 0 Å². The first-order valence-electron chi connectivity index (χ1n) is 7.22. The molecule has 0 atom stereocenters. The van der Waals surface area contributed by atoms with E-state index in [1.54, 1.807) is 19.1 Å². The minimum Gasteiger partial charge on any atom is -0.372 e. The van der Waals surface area contributed by atoms with Crippen molar-refractivity contribution in [1.29, 1.82) is 0 Å². The number of benzene rings is 1. The van der Waals surface area contributed by atoms with Crippen LogP contribution in [0.5, 0.6) is 0 Å². The highest BCUT2D eigenvalue weighted by atomic mass is 32.1. The first-order valence-corrected chi connectivity index (χ1v) is 8.03. The lowest BCUT2D eigenvalue weighted by Crippen LogP contribution is -2.22. The first kappa shape index (κ1) is 17.5. The van der Waals surface area contributed by atoms with E-state index in [0.717, 1.165) is 30.1 Å². The van der Waals surface area contributed by atoms with Gasteiger partial charge in [-0.1, -0.05) is 12.1 Å². The molecule has 7 heteroatoms. The summed E-state index contributed by atoms with van der Waals surface area (Å²) in [5.74, 6) is -1.84. The Balaban J connectivity index is 2.41. The van der Waals surface area contributed by atoms with Gasteiger partial charge in [-0.15, -0.1) is 11.3 Å². The maximum atomic E-state index is 12.7. The number of carbonyl (C=O) groups is 1. The molecule has 0 radical (unpaired) electrons. The number of anilines is 1. The number of halogens is 3. The SMILES string of the molecule is CCN(CC)c1ccc(-c2nc(C)sc2C(=O)C(F)(F)F)cc1. The second kappa shape index (κ2) is 6.70. The predicted molar refractivity (Wildman–Crippen MR) is 86.2 cm³/mol. The summed E-state index contributed by atoms with van der Waals surface area (Å²) in [7, 11) is 0. The molecule has 0 saturated carbocycles. The molecule has 0 fully saturated rings. The molecule has 1 aromatic carbocycles. The Labute approximate surface area is 136 Å². The largest absolute Gasteiger partial charge is 0.455 e. The summed E-state index contributed by atoms with van der Waals surface area (Å²) in [6, 6.07) is 7.07.